The number of benzene rings is 2. The van der Waals surface area contributed by atoms with Crippen molar-refractivity contribution in [2.75, 3.05) is 19.0 Å². The zero-order valence-electron chi connectivity index (χ0n) is 14.1. The molecule has 3 rings (SSSR count). The Kier molecular flexibility index (Phi) is 4.60. The Hall–Kier alpha value is -3.00. The molecule has 0 radical (unpaired) electrons. The molecule has 1 amide bonds. The molecule has 1 aliphatic heterocycles. The van der Waals surface area contributed by atoms with Crippen LogP contribution in [-0.4, -0.2) is 38.4 Å². The van der Waals surface area contributed by atoms with Crippen LogP contribution in [0.15, 0.2) is 70.8 Å². The number of hydrogen-bond donors (Lipinski definition) is 0. The van der Waals surface area contributed by atoms with Crippen LogP contribution in [0.2, 0.25) is 0 Å². The van der Waals surface area contributed by atoms with Crippen molar-refractivity contribution < 1.29 is 17.6 Å². The number of para-hydroxylation sites is 1. The van der Waals surface area contributed by atoms with Crippen LogP contribution in [0.1, 0.15) is 5.56 Å². The minimum Gasteiger partial charge on any atom is -0.310 e. The van der Waals surface area contributed by atoms with Crippen LogP contribution in [0, 0.1) is 5.82 Å². The van der Waals surface area contributed by atoms with Gasteiger partial charge in [0.25, 0.3) is 5.91 Å². The van der Waals surface area contributed by atoms with E-state index in [0.29, 0.717) is 11.3 Å². The molecule has 1 aliphatic rings. The molecule has 0 N–H and O–H groups in total. The molecule has 26 heavy (non-hydrogen) atoms. The van der Waals surface area contributed by atoms with Gasteiger partial charge in [-0.1, -0.05) is 18.2 Å². The SMILES string of the molecule is CN(C(=O)C1=CC(c2ccc(F)cc2)=NS(=O)(=O)N1C)c1ccccc1. The van der Waals surface area contributed by atoms with E-state index in [1.165, 1.54) is 42.3 Å². The van der Waals surface area contributed by atoms with Crippen LogP contribution in [0.5, 0.6) is 0 Å². The lowest BCUT2D eigenvalue weighted by atomic mass is 10.1. The number of carbonyl (C=O) groups is 1. The highest BCUT2D eigenvalue weighted by Gasteiger charge is 2.31. The van der Waals surface area contributed by atoms with E-state index in [-0.39, 0.29) is 11.4 Å². The van der Waals surface area contributed by atoms with Crippen molar-refractivity contribution in [1.29, 1.82) is 0 Å². The lowest BCUT2D eigenvalue weighted by Gasteiger charge is -2.27. The van der Waals surface area contributed by atoms with Crippen molar-refractivity contribution in [3.05, 3.63) is 77.8 Å². The fourth-order valence-corrected chi connectivity index (χ4v) is 3.36. The molecule has 0 aliphatic carbocycles. The summed E-state index contributed by atoms with van der Waals surface area (Å²) in [6, 6.07) is 14.1. The van der Waals surface area contributed by atoms with Crippen molar-refractivity contribution >= 4 is 27.5 Å². The first-order valence-electron chi connectivity index (χ1n) is 7.69. The Labute approximate surface area is 151 Å². The lowest BCUT2D eigenvalue weighted by Crippen LogP contribution is -2.39. The Morgan fingerprint density at radius 1 is 1.08 bits per heavy atom. The van der Waals surface area contributed by atoms with Gasteiger partial charge >= 0.3 is 10.2 Å². The van der Waals surface area contributed by atoms with E-state index < -0.39 is 21.9 Å². The van der Waals surface area contributed by atoms with Crippen LogP contribution in [0.3, 0.4) is 0 Å². The van der Waals surface area contributed by atoms with Crippen LogP contribution in [0.25, 0.3) is 0 Å². The van der Waals surface area contributed by atoms with E-state index in [0.717, 1.165) is 4.31 Å². The Morgan fingerprint density at radius 2 is 1.69 bits per heavy atom. The molecule has 134 valence electrons. The number of nitrogens with zero attached hydrogens (tertiary/aromatic N) is 3. The van der Waals surface area contributed by atoms with Gasteiger partial charge < -0.3 is 4.90 Å². The average molecular weight is 373 g/mol. The topological polar surface area (TPSA) is 70.0 Å². The van der Waals surface area contributed by atoms with Crippen LogP contribution in [0.4, 0.5) is 10.1 Å². The molecule has 0 saturated heterocycles. The number of carbonyl (C=O) groups excluding carboxylic acids is 1. The van der Waals surface area contributed by atoms with Crippen molar-refractivity contribution in [1.82, 2.24) is 4.31 Å². The molecular weight excluding hydrogens is 357 g/mol. The summed E-state index contributed by atoms with van der Waals surface area (Å²) in [6.07, 6.45) is 1.38. The Morgan fingerprint density at radius 3 is 2.31 bits per heavy atom. The second-order valence-electron chi connectivity index (χ2n) is 5.66. The van der Waals surface area contributed by atoms with Gasteiger partial charge in [-0.3, -0.25) is 4.79 Å². The minimum atomic E-state index is -4.07. The summed E-state index contributed by atoms with van der Waals surface area (Å²) in [5, 5.41) is 0. The highest BCUT2D eigenvalue weighted by molar-refractivity contribution is 7.88. The molecular formula is C18H16FN3O3S. The number of likely N-dealkylation sites (N-methyl/N-ethyl adjacent to an activating group) is 2. The molecule has 0 aromatic heterocycles. The fourth-order valence-electron chi connectivity index (χ4n) is 2.45. The first-order valence-corrected chi connectivity index (χ1v) is 9.09. The molecule has 2 aromatic carbocycles. The van der Waals surface area contributed by atoms with Gasteiger partial charge in [-0.05, 0) is 42.5 Å². The smallest absolute Gasteiger partial charge is 0.310 e. The summed E-state index contributed by atoms with van der Waals surface area (Å²) >= 11 is 0. The summed E-state index contributed by atoms with van der Waals surface area (Å²) in [5.74, 6) is -0.953. The second kappa shape index (κ2) is 6.72. The molecule has 0 saturated carbocycles. The molecule has 6 nitrogen and oxygen atoms in total. The molecule has 2 aromatic rings. The normalized spacial score (nSPS) is 15.9. The number of halogens is 1. The van der Waals surface area contributed by atoms with Gasteiger partial charge in [-0.15, -0.1) is 4.40 Å². The quantitative estimate of drug-likeness (QED) is 0.829. The molecule has 0 bridgehead atoms. The number of rotatable bonds is 3. The average Bonchev–Trinajstić information content (AvgIpc) is 2.64. The number of anilines is 1. The van der Waals surface area contributed by atoms with E-state index in [2.05, 4.69) is 4.40 Å². The third-order valence-corrected chi connectivity index (χ3v) is 5.30. The van der Waals surface area contributed by atoms with Gasteiger partial charge in [-0.2, -0.15) is 8.42 Å². The van der Waals surface area contributed by atoms with Crippen molar-refractivity contribution in [2.24, 2.45) is 4.40 Å². The van der Waals surface area contributed by atoms with Gasteiger partial charge in [-0.25, -0.2) is 8.70 Å². The van der Waals surface area contributed by atoms with E-state index in [1.54, 1.807) is 31.3 Å². The zero-order valence-corrected chi connectivity index (χ0v) is 14.9. The molecule has 0 unspecified atom stereocenters. The third-order valence-electron chi connectivity index (χ3n) is 3.98. The van der Waals surface area contributed by atoms with Gasteiger partial charge in [0.1, 0.15) is 11.5 Å². The Balaban J connectivity index is 2.03. The second-order valence-corrected chi connectivity index (χ2v) is 7.28. The zero-order chi connectivity index (χ0) is 18.9. The van der Waals surface area contributed by atoms with Crippen LogP contribution < -0.4 is 4.90 Å². The maximum Gasteiger partial charge on any atom is 0.345 e. The summed E-state index contributed by atoms with van der Waals surface area (Å²) in [7, 11) is -1.24. The Bertz CT molecular complexity index is 1000. The largest absolute Gasteiger partial charge is 0.345 e. The number of hydrogen-bond acceptors (Lipinski definition) is 3. The molecule has 0 atom stereocenters. The fraction of sp³-hybridized carbons (Fsp3) is 0.111. The first kappa shape index (κ1) is 17.8. The number of allylic oxidation sites excluding steroid dienone is 1. The van der Waals surface area contributed by atoms with E-state index in [4.69, 9.17) is 0 Å². The molecule has 8 heteroatoms. The summed E-state index contributed by atoms with van der Waals surface area (Å²) in [5.41, 5.74) is 1.05. The first-order chi connectivity index (χ1) is 12.3. The van der Waals surface area contributed by atoms with E-state index in [9.17, 15) is 17.6 Å². The minimum absolute atomic E-state index is 0.0503. The molecule has 0 spiro atoms. The van der Waals surface area contributed by atoms with Crippen LogP contribution in [-0.2, 0) is 15.0 Å². The monoisotopic (exact) mass is 373 g/mol. The van der Waals surface area contributed by atoms with Gasteiger partial charge in [0.2, 0.25) is 0 Å². The highest BCUT2D eigenvalue weighted by atomic mass is 32.2. The lowest BCUT2D eigenvalue weighted by molar-refractivity contribution is -0.115. The van der Waals surface area contributed by atoms with Gasteiger partial charge in [0.15, 0.2) is 0 Å². The predicted octanol–water partition coefficient (Wildman–Crippen LogP) is 2.35. The predicted molar refractivity (Wildman–Crippen MR) is 97.6 cm³/mol. The van der Waals surface area contributed by atoms with E-state index in [1.807, 2.05) is 6.07 Å². The van der Waals surface area contributed by atoms with Crippen LogP contribution >= 0.6 is 0 Å². The van der Waals surface area contributed by atoms with Crippen molar-refractivity contribution in [3.63, 3.8) is 0 Å². The van der Waals surface area contributed by atoms with Crippen molar-refractivity contribution in [3.8, 4) is 0 Å². The standard InChI is InChI=1S/C18H16FN3O3S/c1-21(15-6-4-3-5-7-15)18(23)17-12-16(20-26(24,25)22(17)2)13-8-10-14(19)11-9-13/h3-12H,1-2H3. The van der Waals surface area contributed by atoms with E-state index >= 15 is 0 Å². The summed E-state index contributed by atoms with van der Waals surface area (Å²) in [4.78, 5) is 14.2. The maximum atomic E-state index is 13.1. The van der Waals surface area contributed by atoms with Crippen molar-refractivity contribution in [2.45, 2.75) is 0 Å². The van der Waals surface area contributed by atoms with Gasteiger partial charge in [0.05, 0.1) is 5.71 Å². The summed E-state index contributed by atoms with van der Waals surface area (Å²) in [6.45, 7) is 0. The summed E-state index contributed by atoms with van der Waals surface area (Å²) < 4.78 is 42.4. The highest BCUT2D eigenvalue weighted by Crippen LogP contribution is 2.23. The van der Waals surface area contributed by atoms with Gasteiger partial charge in [0, 0.05) is 25.3 Å². The third kappa shape index (κ3) is 3.36. The maximum absolute atomic E-state index is 13.1. The number of amides is 1. The molecule has 0 fully saturated rings. The molecule has 1 heterocycles.